The number of aryl methyl sites for hydroxylation is 2. The van der Waals surface area contributed by atoms with E-state index in [2.05, 4.69) is 21.0 Å². The molecular weight excluding hydrogens is 312 g/mol. The molecule has 0 aliphatic carbocycles. The van der Waals surface area contributed by atoms with Crippen molar-refractivity contribution in [2.45, 2.75) is 13.8 Å². The number of carboxylic acids is 1. The Hall–Kier alpha value is -1.95. The average Bonchev–Trinajstić information content (AvgIpc) is 2.30. The summed E-state index contributed by atoms with van der Waals surface area (Å²) < 4.78 is 2.39. The van der Waals surface area contributed by atoms with Crippen molar-refractivity contribution < 1.29 is 9.90 Å². The van der Waals surface area contributed by atoms with Crippen LogP contribution in [0.3, 0.4) is 0 Å². The van der Waals surface area contributed by atoms with Gasteiger partial charge in [0.25, 0.3) is 0 Å². The molecule has 0 radical (unpaired) electrons. The molecule has 2 aromatic rings. The highest BCUT2D eigenvalue weighted by Crippen LogP contribution is 2.19. The number of carbonyl (C=O) groups is 1. The van der Waals surface area contributed by atoms with Gasteiger partial charge in [-0.05, 0) is 37.6 Å². The van der Waals surface area contributed by atoms with E-state index in [1.54, 1.807) is 6.92 Å². The zero-order valence-electron chi connectivity index (χ0n) is 10.3. The molecule has 0 unspecified atom stereocenters. The lowest BCUT2D eigenvalue weighted by molar-refractivity contribution is 0.0686. The molecule has 1 aromatic heterocycles. The van der Waals surface area contributed by atoms with E-state index < -0.39 is 17.1 Å². The standard InChI is InChI=1S/C13H11BrN2O3/c1-7-5-9(14)3-4-10(7)16-8(2)6-11(17)12(15-16)13(18)19/h3-6H,1-2H3,(H,18,19). The second-order valence-corrected chi connectivity index (χ2v) is 5.06. The number of carboxylic acid groups (broad SMARTS) is 1. The largest absolute Gasteiger partial charge is 0.476 e. The first-order valence-corrected chi connectivity index (χ1v) is 6.30. The third-order valence-corrected chi connectivity index (χ3v) is 3.19. The van der Waals surface area contributed by atoms with E-state index in [-0.39, 0.29) is 0 Å². The Balaban J connectivity index is 2.71. The van der Waals surface area contributed by atoms with Crippen LogP contribution in [0.5, 0.6) is 0 Å². The molecule has 0 aliphatic heterocycles. The number of aromatic nitrogens is 2. The quantitative estimate of drug-likeness (QED) is 0.920. The molecule has 0 fully saturated rings. The van der Waals surface area contributed by atoms with Crippen molar-refractivity contribution in [1.82, 2.24) is 9.78 Å². The van der Waals surface area contributed by atoms with E-state index >= 15 is 0 Å². The minimum atomic E-state index is -1.33. The van der Waals surface area contributed by atoms with Gasteiger partial charge in [-0.2, -0.15) is 5.10 Å². The van der Waals surface area contributed by atoms with Crippen LogP contribution >= 0.6 is 15.9 Å². The summed E-state index contributed by atoms with van der Waals surface area (Å²) >= 11 is 3.36. The smallest absolute Gasteiger partial charge is 0.360 e. The van der Waals surface area contributed by atoms with Gasteiger partial charge in [0.15, 0.2) is 0 Å². The molecule has 1 N–H and O–H groups in total. The van der Waals surface area contributed by atoms with Gasteiger partial charge in [0.05, 0.1) is 5.69 Å². The molecular formula is C13H11BrN2O3. The van der Waals surface area contributed by atoms with Crippen LogP contribution in [0, 0.1) is 13.8 Å². The molecule has 0 aliphatic rings. The van der Waals surface area contributed by atoms with Gasteiger partial charge in [-0.25, -0.2) is 9.48 Å². The summed E-state index contributed by atoms with van der Waals surface area (Å²) in [5.74, 6) is -1.33. The molecule has 6 heteroatoms. The monoisotopic (exact) mass is 322 g/mol. The number of aromatic carboxylic acids is 1. The zero-order valence-corrected chi connectivity index (χ0v) is 11.9. The lowest BCUT2D eigenvalue weighted by Crippen LogP contribution is -2.22. The Morgan fingerprint density at radius 3 is 2.58 bits per heavy atom. The first-order chi connectivity index (χ1) is 8.90. The summed E-state index contributed by atoms with van der Waals surface area (Å²) in [6, 6.07) is 6.82. The number of halogens is 1. The van der Waals surface area contributed by atoms with Gasteiger partial charge in [-0.3, -0.25) is 4.79 Å². The van der Waals surface area contributed by atoms with Crippen LogP contribution in [0.2, 0.25) is 0 Å². The lowest BCUT2D eigenvalue weighted by atomic mass is 10.2. The van der Waals surface area contributed by atoms with Crippen molar-refractivity contribution in [3.8, 4) is 5.69 Å². The molecule has 98 valence electrons. The Kier molecular flexibility index (Phi) is 3.53. The minimum absolute atomic E-state index is 0.479. The van der Waals surface area contributed by atoms with Crippen molar-refractivity contribution in [2.75, 3.05) is 0 Å². The maximum Gasteiger partial charge on any atom is 0.360 e. The first-order valence-electron chi connectivity index (χ1n) is 5.51. The van der Waals surface area contributed by atoms with Crippen molar-refractivity contribution in [1.29, 1.82) is 0 Å². The predicted molar refractivity (Wildman–Crippen MR) is 74.0 cm³/mol. The highest BCUT2D eigenvalue weighted by atomic mass is 79.9. The van der Waals surface area contributed by atoms with Crippen molar-refractivity contribution in [3.05, 3.63) is 55.9 Å². The molecule has 5 nitrogen and oxygen atoms in total. The fraction of sp³-hybridized carbons (Fsp3) is 0.154. The molecule has 0 saturated heterocycles. The number of hydrogen-bond donors (Lipinski definition) is 1. The van der Waals surface area contributed by atoms with E-state index in [0.29, 0.717) is 5.69 Å². The molecule has 1 aromatic carbocycles. The van der Waals surface area contributed by atoms with Crippen LogP contribution in [0.25, 0.3) is 5.69 Å². The molecule has 0 atom stereocenters. The third-order valence-electron chi connectivity index (χ3n) is 2.70. The Labute approximate surface area is 117 Å². The van der Waals surface area contributed by atoms with E-state index in [1.807, 2.05) is 25.1 Å². The maximum atomic E-state index is 11.5. The summed E-state index contributed by atoms with van der Waals surface area (Å²) in [6.45, 7) is 3.60. The Morgan fingerprint density at radius 1 is 1.32 bits per heavy atom. The van der Waals surface area contributed by atoms with Gasteiger partial charge in [-0.15, -0.1) is 0 Å². The fourth-order valence-electron chi connectivity index (χ4n) is 1.80. The molecule has 2 rings (SSSR count). The van der Waals surface area contributed by atoms with Gasteiger partial charge in [0, 0.05) is 16.2 Å². The average molecular weight is 323 g/mol. The molecule has 0 bridgehead atoms. The summed E-state index contributed by atoms with van der Waals surface area (Å²) in [5.41, 5.74) is 1.18. The van der Waals surface area contributed by atoms with E-state index in [1.165, 1.54) is 10.7 Å². The highest BCUT2D eigenvalue weighted by Gasteiger charge is 2.14. The van der Waals surface area contributed by atoms with Crippen LogP contribution in [0.1, 0.15) is 21.7 Å². The molecule has 0 amide bonds. The first kappa shape index (κ1) is 13.5. The van der Waals surface area contributed by atoms with Gasteiger partial charge in [0.2, 0.25) is 11.1 Å². The molecule has 1 heterocycles. The highest BCUT2D eigenvalue weighted by molar-refractivity contribution is 9.10. The molecule has 19 heavy (non-hydrogen) atoms. The van der Waals surface area contributed by atoms with Crippen molar-refractivity contribution in [3.63, 3.8) is 0 Å². The summed E-state index contributed by atoms with van der Waals surface area (Å²) in [6.07, 6.45) is 0. The van der Waals surface area contributed by atoms with Crippen LogP contribution in [-0.2, 0) is 0 Å². The number of benzene rings is 1. The van der Waals surface area contributed by atoms with E-state index in [0.717, 1.165) is 15.7 Å². The van der Waals surface area contributed by atoms with Gasteiger partial charge in [-0.1, -0.05) is 15.9 Å². The number of rotatable bonds is 2. The van der Waals surface area contributed by atoms with Crippen LogP contribution in [-0.4, -0.2) is 20.9 Å². The maximum absolute atomic E-state index is 11.5. The second-order valence-electron chi connectivity index (χ2n) is 4.15. The van der Waals surface area contributed by atoms with Gasteiger partial charge < -0.3 is 5.11 Å². The topological polar surface area (TPSA) is 72.2 Å². The van der Waals surface area contributed by atoms with Crippen molar-refractivity contribution in [2.24, 2.45) is 0 Å². The van der Waals surface area contributed by atoms with Gasteiger partial charge in [0.1, 0.15) is 0 Å². The number of hydrogen-bond acceptors (Lipinski definition) is 3. The summed E-state index contributed by atoms with van der Waals surface area (Å²) in [4.78, 5) is 22.5. The van der Waals surface area contributed by atoms with Crippen molar-refractivity contribution >= 4 is 21.9 Å². The second kappa shape index (κ2) is 4.97. The van der Waals surface area contributed by atoms with Crippen LogP contribution in [0.15, 0.2) is 33.5 Å². The Morgan fingerprint density at radius 2 is 2.00 bits per heavy atom. The third kappa shape index (κ3) is 2.58. The SMILES string of the molecule is Cc1cc(Br)ccc1-n1nc(C(=O)O)c(=O)cc1C. The summed E-state index contributed by atoms with van der Waals surface area (Å²) in [5, 5.41) is 12.9. The zero-order chi connectivity index (χ0) is 14.2. The predicted octanol–water partition coefficient (Wildman–Crippen LogP) is 2.31. The molecule has 0 spiro atoms. The normalized spacial score (nSPS) is 10.5. The van der Waals surface area contributed by atoms with Crippen LogP contribution in [0.4, 0.5) is 0 Å². The fourth-order valence-corrected chi connectivity index (χ4v) is 2.27. The van der Waals surface area contributed by atoms with E-state index in [4.69, 9.17) is 5.11 Å². The minimum Gasteiger partial charge on any atom is -0.476 e. The van der Waals surface area contributed by atoms with E-state index in [9.17, 15) is 9.59 Å². The lowest BCUT2D eigenvalue weighted by Gasteiger charge is -2.12. The molecule has 0 saturated carbocycles. The van der Waals surface area contributed by atoms with Gasteiger partial charge >= 0.3 is 5.97 Å². The summed E-state index contributed by atoms with van der Waals surface area (Å²) in [7, 11) is 0. The number of nitrogens with zero attached hydrogens (tertiary/aromatic N) is 2. The Bertz CT molecular complexity index is 722. The van der Waals surface area contributed by atoms with Crippen LogP contribution < -0.4 is 5.43 Å².